The number of anilines is 1. The lowest BCUT2D eigenvalue weighted by Crippen LogP contribution is -2.18. The maximum absolute atomic E-state index is 13.5. The summed E-state index contributed by atoms with van der Waals surface area (Å²) >= 11 is 6.11. The molecule has 0 radical (unpaired) electrons. The third-order valence-corrected chi connectivity index (χ3v) is 4.01. The van der Waals surface area contributed by atoms with Crippen LogP contribution in [0.3, 0.4) is 0 Å². The van der Waals surface area contributed by atoms with E-state index in [-0.39, 0.29) is 5.69 Å². The Morgan fingerprint density at radius 1 is 1.42 bits per heavy atom. The van der Waals surface area contributed by atoms with Gasteiger partial charge in [-0.1, -0.05) is 18.0 Å². The highest BCUT2D eigenvalue weighted by molar-refractivity contribution is 6.33. The van der Waals surface area contributed by atoms with E-state index in [0.717, 1.165) is 18.0 Å². The molecule has 100 valence electrons. The lowest BCUT2D eigenvalue weighted by molar-refractivity contribution is 0.266. The first-order valence-corrected chi connectivity index (χ1v) is 6.78. The molecular weight excluding hydrogens is 265 g/mol. The van der Waals surface area contributed by atoms with Crippen molar-refractivity contribution in [2.75, 3.05) is 5.73 Å². The van der Waals surface area contributed by atoms with Crippen LogP contribution in [0.25, 0.3) is 11.1 Å². The molecule has 1 aliphatic rings. The number of nitrogen functional groups attached to an aromatic ring is 1. The number of hydrogen-bond acceptors (Lipinski definition) is 2. The standard InChI is InChI=1S/C14H15ClFN3/c15-12-5-14(17)13(16)4-11(12)10-6-18-19(8-10)7-9-2-1-3-9/h4-6,8-9H,1-3,7,17H2. The van der Waals surface area contributed by atoms with Crippen LogP contribution in [0, 0.1) is 11.7 Å². The van der Waals surface area contributed by atoms with Crippen LogP contribution in [-0.4, -0.2) is 9.78 Å². The summed E-state index contributed by atoms with van der Waals surface area (Å²) in [7, 11) is 0. The summed E-state index contributed by atoms with van der Waals surface area (Å²) in [6, 6.07) is 2.80. The molecule has 1 saturated carbocycles. The summed E-state index contributed by atoms with van der Waals surface area (Å²) in [5, 5.41) is 4.76. The molecule has 1 aromatic heterocycles. The molecule has 1 aromatic carbocycles. The molecule has 0 amide bonds. The van der Waals surface area contributed by atoms with Crippen molar-refractivity contribution in [1.82, 2.24) is 9.78 Å². The van der Waals surface area contributed by atoms with Gasteiger partial charge in [-0.05, 0) is 30.9 Å². The summed E-state index contributed by atoms with van der Waals surface area (Å²) in [6.45, 7) is 0.926. The average molecular weight is 280 g/mol. The Kier molecular flexibility index (Phi) is 3.19. The summed E-state index contributed by atoms with van der Waals surface area (Å²) in [5.41, 5.74) is 7.00. The van der Waals surface area contributed by atoms with Crippen molar-refractivity contribution in [1.29, 1.82) is 0 Å². The van der Waals surface area contributed by atoms with Crippen LogP contribution in [0.1, 0.15) is 19.3 Å². The third kappa shape index (κ3) is 2.45. The smallest absolute Gasteiger partial charge is 0.146 e. The summed E-state index contributed by atoms with van der Waals surface area (Å²) < 4.78 is 15.4. The second kappa shape index (κ2) is 4.85. The number of nitrogens with zero attached hydrogens (tertiary/aromatic N) is 2. The zero-order chi connectivity index (χ0) is 13.4. The largest absolute Gasteiger partial charge is 0.396 e. The average Bonchev–Trinajstić information content (AvgIpc) is 2.77. The number of halogens is 2. The van der Waals surface area contributed by atoms with Crippen molar-refractivity contribution in [2.24, 2.45) is 5.92 Å². The minimum Gasteiger partial charge on any atom is -0.396 e. The SMILES string of the molecule is Nc1cc(Cl)c(-c2cnn(CC3CCC3)c2)cc1F. The highest BCUT2D eigenvalue weighted by Gasteiger charge is 2.18. The number of nitrogens with two attached hydrogens (primary N) is 1. The van der Waals surface area contributed by atoms with Crippen LogP contribution in [0.2, 0.25) is 5.02 Å². The summed E-state index contributed by atoms with van der Waals surface area (Å²) in [5.74, 6) is 0.275. The molecule has 19 heavy (non-hydrogen) atoms. The molecule has 1 aliphatic carbocycles. The van der Waals surface area contributed by atoms with Gasteiger partial charge in [0, 0.05) is 23.9 Å². The van der Waals surface area contributed by atoms with Gasteiger partial charge in [0.15, 0.2) is 0 Å². The fourth-order valence-corrected chi connectivity index (χ4v) is 2.61. The molecule has 1 heterocycles. The van der Waals surface area contributed by atoms with Gasteiger partial charge in [-0.15, -0.1) is 0 Å². The number of aromatic nitrogens is 2. The fourth-order valence-electron chi connectivity index (χ4n) is 2.33. The molecule has 3 rings (SSSR count). The van der Waals surface area contributed by atoms with E-state index in [1.54, 1.807) is 6.20 Å². The molecule has 0 bridgehead atoms. The van der Waals surface area contributed by atoms with E-state index in [4.69, 9.17) is 17.3 Å². The normalized spacial score (nSPS) is 15.5. The van der Waals surface area contributed by atoms with Crippen LogP contribution in [0.15, 0.2) is 24.5 Å². The van der Waals surface area contributed by atoms with Gasteiger partial charge in [0.05, 0.1) is 16.9 Å². The second-order valence-electron chi connectivity index (χ2n) is 5.10. The van der Waals surface area contributed by atoms with Gasteiger partial charge >= 0.3 is 0 Å². The van der Waals surface area contributed by atoms with Crippen molar-refractivity contribution in [2.45, 2.75) is 25.8 Å². The third-order valence-electron chi connectivity index (χ3n) is 3.70. The van der Waals surface area contributed by atoms with Crippen molar-refractivity contribution >= 4 is 17.3 Å². The number of benzene rings is 1. The van der Waals surface area contributed by atoms with E-state index in [1.807, 2.05) is 10.9 Å². The quantitative estimate of drug-likeness (QED) is 0.870. The van der Waals surface area contributed by atoms with Gasteiger partial charge < -0.3 is 5.73 Å². The molecule has 3 nitrogen and oxygen atoms in total. The maximum Gasteiger partial charge on any atom is 0.146 e. The van der Waals surface area contributed by atoms with Crippen molar-refractivity contribution in [3.8, 4) is 11.1 Å². The van der Waals surface area contributed by atoms with Crippen LogP contribution in [0.5, 0.6) is 0 Å². The number of hydrogen-bond donors (Lipinski definition) is 1. The predicted molar refractivity (Wildman–Crippen MR) is 74.4 cm³/mol. The van der Waals surface area contributed by atoms with Crippen molar-refractivity contribution < 1.29 is 4.39 Å². The molecule has 2 aromatic rings. The minimum atomic E-state index is -0.453. The molecule has 0 saturated heterocycles. The van der Waals surface area contributed by atoms with E-state index >= 15 is 0 Å². The number of rotatable bonds is 3. The Morgan fingerprint density at radius 3 is 2.89 bits per heavy atom. The monoisotopic (exact) mass is 279 g/mol. The van der Waals surface area contributed by atoms with Gasteiger partial charge in [0.1, 0.15) is 5.82 Å². The van der Waals surface area contributed by atoms with E-state index < -0.39 is 5.82 Å². The lowest BCUT2D eigenvalue weighted by Gasteiger charge is -2.24. The van der Waals surface area contributed by atoms with E-state index in [2.05, 4.69) is 5.10 Å². The van der Waals surface area contributed by atoms with Crippen LogP contribution in [0.4, 0.5) is 10.1 Å². The van der Waals surface area contributed by atoms with Gasteiger partial charge in [-0.3, -0.25) is 4.68 Å². The van der Waals surface area contributed by atoms with Crippen LogP contribution >= 0.6 is 11.6 Å². The Labute approximate surface area is 116 Å². The summed E-state index contributed by atoms with van der Waals surface area (Å²) in [4.78, 5) is 0. The molecule has 1 fully saturated rings. The maximum atomic E-state index is 13.5. The zero-order valence-corrected chi connectivity index (χ0v) is 11.2. The van der Waals surface area contributed by atoms with E-state index in [1.165, 1.54) is 31.4 Å². The van der Waals surface area contributed by atoms with Gasteiger partial charge in [-0.2, -0.15) is 5.10 Å². The van der Waals surface area contributed by atoms with E-state index in [9.17, 15) is 4.39 Å². The molecule has 2 N–H and O–H groups in total. The van der Waals surface area contributed by atoms with Gasteiger partial charge in [-0.25, -0.2) is 4.39 Å². The first kappa shape index (κ1) is 12.5. The zero-order valence-electron chi connectivity index (χ0n) is 10.4. The first-order valence-electron chi connectivity index (χ1n) is 6.41. The van der Waals surface area contributed by atoms with Gasteiger partial charge in [0.25, 0.3) is 0 Å². The Morgan fingerprint density at radius 2 is 2.21 bits per heavy atom. The Balaban J connectivity index is 1.87. The van der Waals surface area contributed by atoms with E-state index in [0.29, 0.717) is 10.6 Å². The molecule has 5 heteroatoms. The topological polar surface area (TPSA) is 43.8 Å². The molecule has 0 atom stereocenters. The Hall–Kier alpha value is -1.55. The van der Waals surface area contributed by atoms with Gasteiger partial charge in [0.2, 0.25) is 0 Å². The molecule has 0 unspecified atom stereocenters. The van der Waals surface area contributed by atoms with Crippen molar-refractivity contribution in [3.63, 3.8) is 0 Å². The van der Waals surface area contributed by atoms with Crippen molar-refractivity contribution in [3.05, 3.63) is 35.4 Å². The first-order chi connectivity index (χ1) is 9.13. The Bertz CT molecular complexity index is 605. The second-order valence-corrected chi connectivity index (χ2v) is 5.51. The highest BCUT2D eigenvalue weighted by Crippen LogP contribution is 2.32. The van der Waals surface area contributed by atoms with Crippen LogP contribution in [-0.2, 0) is 6.54 Å². The lowest BCUT2D eigenvalue weighted by atomic mass is 9.85. The minimum absolute atomic E-state index is 0.0654. The summed E-state index contributed by atoms with van der Waals surface area (Å²) in [6.07, 6.45) is 7.48. The molecule has 0 aliphatic heterocycles. The molecule has 0 spiro atoms. The predicted octanol–water partition coefficient (Wildman–Crippen LogP) is 3.72. The fraction of sp³-hybridized carbons (Fsp3) is 0.357. The van der Waals surface area contributed by atoms with Crippen LogP contribution < -0.4 is 5.73 Å². The highest BCUT2D eigenvalue weighted by atomic mass is 35.5. The molecular formula is C14H15ClFN3.